The Morgan fingerprint density at radius 1 is 0.729 bits per heavy atom. The molecule has 2 fully saturated rings. The lowest BCUT2D eigenvalue weighted by Crippen LogP contribution is -2.61. The van der Waals surface area contributed by atoms with Crippen LogP contribution in [0.1, 0.15) is 101 Å². The Balaban J connectivity index is 1.30. The number of hydrogen-bond acceptors (Lipinski definition) is 19. The maximum atomic E-state index is 15.1. The third-order valence-electron chi connectivity index (χ3n) is 16.0. The van der Waals surface area contributed by atoms with Crippen molar-refractivity contribution in [2.24, 2.45) is 22.2 Å². The van der Waals surface area contributed by atoms with Crippen molar-refractivity contribution < 1.29 is 77.7 Å². The van der Waals surface area contributed by atoms with Crippen LogP contribution < -0.4 is 70.5 Å². The van der Waals surface area contributed by atoms with Crippen LogP contribution in [0.5, 0.6) is 0 Å². The van der Waals surface area contributed by atoms with E-state index in [4.69, 9.17) is 22.0 Å². The van der Waals surface area contributed by atoms with Gasteiger partial charge >= 0.3 is 5.97 Å². The van der Waals surface area contributed by atoms with E-state index in [1.807, 2.05) is 18.2 Å². The topological polar surface area (TPSA) is 533 Å². The van der Waals surface area contributed by atoms with Crippen molar-refractivity contribution in [2.45, 2.75) is 170 Å². The zero-order valence-corrected chi connectivity index (χ0v) is 53.4. The number of H-pyrrole nitrogens is 2. The number of aliphatic hydroxyl groups excluding tert-OH is 3. The maximum absolute atomic E-state index is 15.1. The number of carbonyl (C=O) groups excluding carboxylic acids is 12. The fourth-order valence-corrected chi connectivity index (χ4v) is 10.9. The van der Waals surface area contributed by atoms with E-state index >= 15 is 4.79 Å². The number of fused-ring (bicyclic) bond motifs is 2. The zero-order chi connectivity index (χ0) is 69.8. The Labute approximate surface area is 552 Å². The Hall–Kier alpha value is -10.1. The van der Waals surface area contributed by atoms with Crippen molar-refractivity contribution in [3.63, 3.8) is 0 Å². The SMILES string of the molecule is CCCC[C@H](NC(=O)[C@H](CO)NC(=O)[C@H](Cc1cnc[nH]1)NC(=O)[C@@H](CO)NC(C)=O)C(=O)N[C@H]1CCC(=O)ONCCCC[C@@H](C(N)=O)NC(=O)[C@H](Cc2c[nH]c3ccccc23)NC(=O)[C@H](CCCN=C(N)N)NC(=O)[C@@H](Cc2ccccc2)NC(=O)[C@@H]2CC(O)CN2C1=O. The van der Waals surface area contributed by atoms with Crippen molar-refractivity contribution in [2.75, 3.05) is 32.8 Å². The third-order valence-corrected chi connectivity index (χ3v) is 16.0. The normalized spacial score (nSPS) is 21.7. The molecule has 4 aromatic rings. The number of hydroxylamine groups is 1. The quantitative estimate of drug-likeness (QED) is 0.0168. The number of imidazole rings is 1. The van der Waals surface area contributed by atoms with E-state index < -0.39 is 170 Å². The first kappa shape index (κ1) is 75.0. The molecule has 1 unspecified atom stereocenters. The number of guanidine groups is 1. The van der Waals surface area contributed by atoms with Crippen LogP contribution >= 0.6 is 0 Å². The number of nitrogens with two attached hydrogens (primary N) is 3. The third kappa shape index (κ3) is 23.1. The lowest BCUT2D eigenvalue weighted by Gasteiger charge is -2.31. The van der Waals surface area contributed by atoms with Gasteiger partial charge in [-0.05, 0) is 62.1 Å². The molecule has 0 saturated carbocycles. The van der Waals surface area contributed by atoms with Gasteiger partial charge < -0.3 is 100 Å². The highest BCUT2D eigenvalue weighted by atomic mass is 16.7. The number of aromatic nitrogens is 3. The van der Waals surface area contributed by atoms with Crippen LogP contribution in [0.4, 0.5) is 0 Å². The average Bonchev–Trinajstić information content (AvgIpc) is 1.71. The Bertz CT molecular complexity index is 3350. The van der Waals surface area contributed by atoms with E-state index in [1.165, 1.54) is 12.5 Å². The second-order valence-electron chi connectivity index (χ2n) is 23.4. The second-order valence-corrected chi connectivity index (χ2v) is 23.4. The number of unbranched alkanes of at least 4 members (excludes halogenated alkanes) is 1. The van der Waals surface area contributed by atoms with Gasteiger partial charge in [-0.1, -0.05) is 68.3 Å². The van der Waals surface area contributed by atoms with Crippen LogP contribution in [0.15, 0.2) is 78.3 Å². The van der Waals surface area contributed by atoms with Gasteiger partial charge in [0.1, 0.15) is 60.4 Å². The van der Waals surface area contributed by atoms with Gasteiger partial charge in [-0.3, -0.25) is 62.5 Å². The minimum atomic E-state index is -1.78. The first-order valence-electron chi connectivity index (χ1n) is 31.7. The molecule has 2 aromatic heterocycles. The molecule has 96 heavy (non-hydrogen) atoms. The van der Waals surface area contributed by atoms with Crippen molar-refractivity contribution in [1.29, 1.82) is 0 Å². The molecule has 2 aliphatic rings. The van der Waals surface area contributed by atoms with E-state index in [0.717, 1.165) is 22.7 Å². The van der Waals surface area contributed by atoms with Gasteiger partial charge in [0.15, 0.2) is 5.96 Å². The number of aromatic amines is 2. The molecule has 0 radical (unpaired) electrons. The monoisotopic (exact) mass is 1340 g/mol. The smallest absolute Gasteiger partial charge is 0.324 e. The summed E-state index contributed by atoms with van der Waals surface area (Å²) in [5.74, 6) is -11.3. The molecule has 34 heteroatoms. The number of carbonyl (C=O) groups is 12. The lowest BCUT2D eigenvalue weighted by atomic mass is 10.0. The van der Waals surface area contributed by atoms with Crippen LogP contribution in [0.3, 0.4) is 0 Å². The number of benzene rings is 2. The maximum Gasteiger partial charge on any atom is 0.324 e. The highest BCUT2D eigenvalue weighted by molar-refractivity contribution is 6.00. The molecule has 2 aliphatic heterocycles. The largest absolute Gasteiger partial charge is 0.394 e. The number of nitrogens with one attached hydrogen (secondary N) is 12. The summed E-state index contributed by atoms with van der Waals surface area (Å²) in [5.41, 5.74) is 21.8. The highest BCUT2D eigenvalue weighted by Gasteiger charge is 2.44. The van der Waals surface area contributed by atoms with Crippen molar-refractivity contribution >= 4 is 87.8 Å². The highest BCUT2D eigenvalue weighted by Crippen LogP contribution is 2.23. The van der Waals surface area contributed by atoms with Crippen molar-refractivity contribution in [1.82, 2.24) is 73.2 Å². The minimum absolute atomic E-state index is 0.00392. The number of primary amides is 1. The fraction of sp³-hybridized carbons (Fsp3) is 0.516. The lowest BCUT2D eigenvalue weighted by molar-refractivity contribution is -0.152. The van der Waals surface area contributed by atoms with E-state index in [1.54, 1.807) is 49.5 Å². The zero-order valence-electron chi connectivity index (χ0n) is 53.4. The summed E-state index contributed by atoms with van der Waals surface area (Å²) >= 11 is 0. The molecule has 2 saturated heterocycles. The van der Waals surface area contributed by atoms with Crippen LogP contribution in [0.2, 0.25) is 0 Å². The number of amides is 11. The van der Waals surface area contributed by atoms with Gasteiger partial charge in [0, 0.05) is 87.7 Å². The Morgan fingerprint density at radius 2 is 1.36 bits per heavy atom. The molecule has 4 heterocycles. The number of aliphatic hydroxyl groups is 3. The summed E-state index contributed by atoms with van der Waals surface area (Å²) in [6, 6.07) is 0.561. The van der Waals surface area contributed by atoms with Crippen LogP contribution in [0.25, 0.3) is 10.9 Å². The molecular formula is C62H88N18O16. The van der Waals surface area contributed by atoms with Crippen molar-refractivity contribution in [3.05, 3.63) is 90.1 Å². The molecule has 0 aliphatic carbocycles. The summed E-state index contributed by atoms with van der Waals surface area (Å²) < 4.78 is 0. The number of aliphatic imine (C=N–C) groups is 1. The number of hydrogen-bond donors (Lipinski definition) is 18. The van der Waals surface area contributed by atoms with Crippen LogP contribution in [-0.2, 0) is 81.6 Å². The van der Waals surface area contributed by atoms with Crippen LogP contribution in [0, 0.1) is 0 Å². The van der Waals surface area contributed by atoms with E-state index in [-0.39, 0.29) is 89.7 Å². The average molecular weight is 1340 g/mol. The predicted molar refractivity (Wildman–Crippen MR) is 344 cm³/mol. The van der Waals surface area contributed by atoms with Crippen LogP contribution in [-0.4, -0.2) is 211 Å². The Kier molecular flexibility index (Phi) is 29.5. The molecule has 0 bridgehead atoms. The minimum Gasteiger partial charge on any atom is -0.394 e. The van der Waals surface area contributed by atoms with Gasteiger partial charge in [0.05, 0.1) is 25.6 Å². The molecule has 34 nitrogen and oxygen atoms in total. The molecule has 11 atom stereocenters. The standard InChI is InChI=1S/C62H88N18O16/c1-3-4-16-42(74-59(93)49(32-82)79-57(91)47(26-37-29-66-33-69-37)77-58(92)48(31-81)71-34(2)83)53(87)75-44-20-21-51(85)96-70-23-11-10-18-41(52(63)86)72-56(90)46(25-36-28-68-40-17-9-8-15-39(36)40)76-54(88)43(19-12-22-67-62(64)65)73-55(89)45(24-35-13-6-5-7-14-35)78-60(94)50-27-38(84)30-80(50)61(44)95/h5-9,13-15,17,28-29,33,38,41-50,68,70,81-82,84H,3-4,10-12,16,18-27,30-32H2,1-2H3,(H2,63,86)(H,66,69)(H,71,83)(H,72,90)(H,73,89)(H,74,93)(H,75,87)(H,76,88)(H,77,92)(H,78,94)(H,79,91)(H4,64,65,67)/t38?,41-,42-,43-,44-,45+,46-,47-,48+,49-,50-/m0/s1. The van der Waals surface area contributed by atoms with Crippen molar-refractivity contribution in [3.8, 4) is 0 Å². The van der Waals surface area contributed by atoms with Gasteiger partial charge in [0.25, 0.3) is 0 Å². The molecule has 11 amide bonds. The first-order chi connectivity index (χ1) is 46.0. The predicted octanol–water partition coefficient (Wildman–Crippen LogP) is -5.01. The van der Waals surface area contributed by atoms with E-state index in [2.05, 4.69) is 73.3 Å². The van der Waals surface area contributed by atoms with Gasteiger partial charge in [-0.2, -0.15) is 5.48 Å². The van der Waals surface area contributed by atoms with E-state index in [0.29, 0.717) is 23.2 Å². The Morgan fingerprint density at radius 3 is 2.04 bits per heavy atom. The summed E-state index contributed by atoms with van der Waals surface area (Å²) in [7, 11) is 0. The molecule has 522 valence electrons. The molecular weight excluding hydrogens is 1250 g/mol. The molecule has 2 aromatic carbocycles. The summed E-state index contributed by atoms with van der Waals surface area (Å²) in [6.07, 6.45) is 2.05. The number of rotatable bonds is 25. The van der Waals surface area contributed by atoms with E-state index in [9.17, 15) is 68.1 Å². The fourth-order valence-electron chi connectivity index (χ4n) is 10.9. The number of para-hydroxylation sites is 1. The second kappa shape index (κ2) is 37.7. The summed E-state index contributed by atoms with van der Waals surface area (Å²) in [6.45, 7) is 0.519. The first-order valence-corrected chi connectivity index (χ1v) is 31.7. The van der Waals surface area contributed by atoms with Gasteiger partial charge in [0.2, 0.25) is 65.0 Å². The van der Waals surface area contributed by atoms with Gasteiger partial charge in [-0.15, -0.1) is 0 Å². The number of nitrogens with zero attached hydrogens (tertiary/aromatic N) is 3. The molecule has 0 spiro atoms. The molecule has 6 rings (SSSR count). The van der Waals surface area contributed by atoms with Gasteiger partial charge in [-0.25, -0.2) is 4.98 Å². The summed E-state index contributed by atoms with van der Waals surface area (Å²) in [4.78, 5) is 188. The summed E-state index contributed by atoms with van der Waals surface area (Å²) in [5, 5.41) is 55.2. The molecule has 21 N–H and O–H groups in total.